The number of H-pyrrole nitrogens is 1. The van der Waals surface area contributed by atoms with Crippen LogP contribution in [0.2, 0.25) is 0 Å². The highest BCUT2D eigenvalue weighted by Gasteiger charge is 2.23. The summed E-state index contributed by atoms with van der Waals surface area (Å²) in [6.45, 7) is 2.59. The number of benzene rings is 1. The molecule has 1 aromatic carbocycles. The van der Waals surface area contributed by atoms with Gasteiger partial charge >= 0.3 is 0 Å². The maximum absolute atomic E-state index is 12.8. The fraction of sp³-hybridized carbons (Fsp3) is 0.211. The van der Waals surface area contributed by atoms with Crippen molar-refractivity contribution in [3.8, 4) is 11.8 Å². The predicted octanol–water partition coefficient (Wildman–Crippen LogP) is 0.957. The number of aromatic amines is 1. The zero-order valence-electron chi connectivity index (χ0n) is 14.5. The van der Waals surface area contributed by atoms with E-state index in [9.17, 15) is 4.79 Å². The van der Waals surface area contributed by atoms with Crippen LogP contribution in [0.1, 0.15) is 21.6 Å². The quantitative estimate of drug-likeness (QED) is 0.685. The standard InChI is InChI=1S/C19H17N7O/c27-18(25-10-12-26(13-11-25)19-21-23-24-22-19)16-5-3-4-15(14-16)7-8-17-6-1-2-9-20-17/h1-6,9,14H,10-13H2,(H,21,22,23,24). The van der Waals surface area contributed by atoms with E-state index in [0.29, 0.717) is 43.4 Å². The SMILES string of the molecule is O=C(c1cccc(C#Cc2ccccn2)c1)N1CCN(c2nnn[nH]2)CC1. The van der Waals surface area contributed by atoms with Crippen LogP contribution in [0.5, 0.6) is 0 Å². The second-order valence-corrected chi connectivity index (χ2v) is 6.05. The van der Waals surface area contributed by atoms with Crippen LogP contribution in [0.25, 0.3) is 0 Å². The number of hydrogen-bond donors (Lipinski definition) is 1. The molecule has 4 rings (SSSR count). The van der Waals surface area contributed by atoms with Gasteiger partial charge in [0.1, 0.15) is 5.69 Å². The van der Waals surface area contributed by atoms with Crippen LogP contribution in [0.4, 0.5) is 5.95 Å². The van der Waals surface area contributed by atoms with Crippen LogP contribution in [-0.2, 0) is 0 Å². The molecule has 0 unspecified atom stereocenters. The van der Waals surface area contributed by atoms with Crippen molar-refractivity contribution in [3.05, 3.63) is 65.5 Å². The minimum atomic E-state index is 0.00633. The van der Waals surface area contributed by atoms with Crippen molar-refractivity contribution in [2.75, 3.05) is 31.1 Å². The number of nitrogens with one attached hydrogen (secondary N) is 1. The number of amides is 1. The molecular formula is C19H17N7O. The lowest BCUT2D eigenvalue weighted by Gasteiger charge is -2.34. The molecule has 1 aliphatic rings. The van der Waals surface area contributed by atoms with Crippen LogP contribution in [-0.4, -0.2) is 62.6 Å². The molecular weight excluding hydrogens is 342 g/mol. The summed E-state index contributed by atoms with van der Waals surface area (Å²) in [6, 6.07) is 13.0. The van der Waals surface area contributed by atoms with Crippen LogP contribution in [0.15, 0.2) is 48.7 Å². The minimum Gasteiger partial charge on any atom is -0.336 e. The smallest absolute Gasteiger partial charge is 0.254 e. The Morgan fingerprint density at radius 1 is 1.04 bits per heavy atom. The molecule has 3 aromatic rings. The number of aromatic nitrogens is 5. The third-order valence-corrected chi connectivity index (χ3v) is 4.31. The van der Waals surface area contributed by atoms with Crippen LogP contribution in [0, 0.1) is 11.8 Å². The molecule has 8 heteroatoms. The number of anilines is 1. The first-order valence-corrected chi connectivity index (χ1v) is 8.61. The van der Waals surface area contributed by atoms with Crippen molar-refractivity contribution in [1.29, 1.82) is 0 Å². The fourth-order valence-corrected chi connectivity index (χ4v) is 2.89. The highest BCUT2D eigenvalue weighted by molar-refractivity contribution is 5.94. The van der Waals surface area contributed by atoms with Gasteiger partial charge < -0.3 is 9.80 Å². The summed E-state index contributed by atoms with van der Waals surface area (Å²) in [5.74, 6) is 6.72. The van der Waals surface area contributed by atoms with E-state index in [1.807, 2.05) is 52.3 Å². The predicted molar refractivity (Wildman–Crippen MR) is 99.0 cm³/mol. The van der Waals surface area contributed by atoms with Gasteiger partial charge in [-0.1, -0.05) is 23.2 Å². The van der Waals surface area contributed by atoms with E-state index in [1.54, 1.807) is 6.20 Å². The second kappa shape index (κ2) is 7.66. The second-order valence-electron chi connectivity index (χ2n) is 6.05. The van der Waals surface area contributed by atoms with E-state index in [-0.39, 0.29) is 5.91 Å². The van der Waals surface area contributed by atoms with E-state index < -0.39 is 0 Å². The van der Waals surface area contributed by atoms with E-state index in [0.717, 1.165) is 5.56 Å². The molecule has 2 aromatic heterocycles. The van der Waals surface area contributed by atoms with Gasteiger partial charge in [0, 0.05) is 43.5 Å². The number of nitrogens with zero attached hydrogens (tertiary/aromatic N) is 6. The average Bonchev–Trinajstić information content (AvgIpc) is 3.28. The molecule has 134 valence electrons. The third kappa shape index (κ3) is 3.93. The molecule has 3 heterocycles. The number of piperazine rings is 1. The Hall–Kier alpha value is -3.73. The Kier molecular flexibility index (Phi) is 4.74. The molecule has 1 aliphatic heterocycles. The molecule has 1 amide bonds. The zero-order chi connectivity index (χ0) is 18.5. The lowest BCUT2D eigenvalue weighted by molar-refractivity contribution is 0.0746. The van der Waals surface area contributed by atoms with Crippen molar-refractivity contribution in [3.63, 3.8) is 0 Å². The number of pyridine rings is 1. The lowest BCUT2D eigenvalue weighted by atomic mass is 10.1. The summed E-state index contributed by atoms with van der Waals surface area (Å²) < 4.78 is 0. The van der Waals surface area contributed by atoms with Gasteiger partial charge in [0.05, 0.1) is 0 Å². The van der Waals surface area contributed by atoms with Crippen molar-refractivity contribution < 1.29 is 4.79 Å². The molecule has 0 radical (unpaired) electrons. The Balaban J connectivity index is 1.43. The topological polar surface area (TPSA) is 90.9 Å². The van der Waals surface area contributed by atoms with Gasteiger partial charge in [-0.15, -0.1) is 0 Å². The maximum atomic E-state index is 12.8. The minimum absolute atomic E-state index is 0.00633. The highest BCUT2D eigenvalue weighted by atomic mass is 16.2. The molecule has 8 nitrogen and oxygen atoms in total. The summed E-state index contributed by atoms with van der Waals surface area (Å²) in [6.07, 6.45) is 1.71. The van der Waals surface area contributed by atoms with Crippen molar-refractivity contribution >= 4 is 11.9 Å². The Labute approximate surface area is 156 Å². The molecule has 1 N–H and O–H groups in total. The zero-order valence-corrected chi connectivity index (χ0v) is 14.5. The molecule has 0 saturated carbocycles. The van der Waals surface area contributed by atoms with Gasteiger partial charge in [-0.2, -0.15) is 0 Å². The molecule has 1 saturated heterocycles. The summed E-state index contributed by atoms with van der Waals surface area (Å²) >= 11 is 0. The molecule has 27 heavy (non-hydrogen) atoms. The van der Waals surface area contributed by atoms with E-state index in [2.05, 4.69) is 37.4 Å². The number of rotatable bonds is 2. The largest absolute Gasteiger partial charge is 0.336 e. The normalized spacial score (nSPS) is 13.8. The fourth-order valence-electron chi connectivity index (χ4n) is 2.89. The van der Waals surface area contributed by atoms with Gasteiger partial charge in [0.2, 0.25) is 5.95 Å². The monoisotopic (exact) mass is 359 g/mol. The van der Waals surface area contributed by atoms with Crippen molar-refractivity contribution in [2.45, 2.75) is 0 Å². The molecule has 0 spiro atoms. The van der Waals surface area contributed by atoms with E-state index >= 15 is 0 Å². The van der Waals surface area contributed by atoms with E-state index in [1.165, 1.54) is 0 Å². The van der Waals surface area contributed by atoms with Crippen LogP contribution < -0.4 is 4.90 Å². The number of hydrogen-bond acceptors (Lipinski definition) is 6. The molecule has 1 fully saturated rings. The first-order chi connectivity index (χ1) is 13.3. The summed E-state index contributed by atoms with van der Waals surface area (Å²) in [4.78, 5) is 20.9. The van der Waals surface area contributed by atoms with Crippen molar-refractivity contribution in [2.24, 2.45) is 0 Å². The van der Waals surface area contributed by atoms with Gasteiger partial charge in [-0.05, 0) is 46.7 Å². The molecule has 0 aliphatic carbocycles. The Morgan fingerprint density at radius 2 is 1.93 bits per heavy atom. The average molecular weight is 359 g/mol. The summed E-state index contributed by atoms with van der Waals surface area (Å²) in [5, 5.41) is 13.8. The van der Waals surface area contributed by atoms with E-state index in [4.69, 9.17) is 0 Å². The summed E-state index contributed by atoms with van der Waals surface area (Å²) in [5.41, 5.74) is 2.13. The van der Waals surface area contributed by atoms with Crippen molar-refractivity contribution in [1.82, 2.24) is 30.5 Å². The number of carbonyl (C=O) groups excluding carboxylic acids is 1. The molecule has 0 atom stereocenters. The Bertz CT molecular complexity index is 968. The first-order valence-electron chi connectivity index (χ1n) is 8.61. The number of carbonyl (C=O) groups is 1. The number of tetrazole rings is 1. The molecule has 0 bridgehead atoms. The lowest BCUT2D eigenvalue weighted by Crippen LogP contribution is -2.49. The van der Waals surface area contributed by atoms with Gasteiger partial charge in [-0.3, -0.25) is 4.79 Å². The first kappa shape index (κ1) is 16.7. The Morgan fingerprint density at radius 3 is 2.67 bits per heavy atom. The third-order valence-electron chi connectivity index (χ3n) is 4.31. The summed E-state index contributed by atoms with van der Waals surface area (Å²) in [7, 11) is 0. The van der Waals surface area contributed by atoms with Crippen LogP contribution in [0.3, 0.4) is 0 Å². The van der Waals surface area contributed by atoms with Gasteiger partial charge in [0.25, 0.3) is 5.91 Å². The highest BCUT2D eigenvalue weighted by Crippen LogP contribution is 2.13. The van der Waals surface area contributed by atoms with Crippen LogP contribution >= 0.6 is 0 Å². The van der Waals surface area contributed by atoms with Gasteiger partial charge in [0.15, 0.2) is 0 Å². The van der Waals surface area contributed by atoms with Gasteiger partial charge in [-0.25, -0.2) is 10.1 Å². The maximum Gasteiger partial charge on any atom is 0.254 e.